The summed E-state index contributed by atoms with van der Waals surface area (Å²) in [6, 6.07) is 27.0. The molecule has 0 aromatic heterocycles. The van der Waals surface area contributed by atoms with Crippen LogP contribution < -0.4 is 14.4 Å². The lowest BCUT2D eigenvalue weighted by atomic mass is 10.1. The van der Waals surface area contributed by atoms with E-state index >= 15 is 0 Å². The number of carbonyl (C=O) groups is 1. The van der Waals surface area contributed by atoms with Gasteiger partial charge < -0.3 is 10.1 Å². The normalized spacial score (nSPS) is 11.7. The SMILES string of the molecule is COc1ccc(C(=O)Nc2ccccc2)cc1N(c1ccc2ccccc2c1)S(=O)O. The maximum atomic E-state index is 12.8. The van der Waals surface area contributed by atoms with Gasteiger partial charge in [0.25, 0.3) is 17.2 Å². The Morgan fingerprint density at radius 1 is 0.903 bits per heavy atom. The van der Waals surface area contributed by atoms with Crippen molar-refractivity contribution in [1.82, 2.24) is 0 Å². The smallest absolute Gasteiger partial charge is 0.266 e. The molecular weight excluding hydrogens is 412 g/mol. The highest BCUT2D eigenvalue weighted by molar-refractivity contribution is 7.81. The zero-order valence-electron chi connectivity index (χ0n) is 16.7. The molecule has 156 valence electrons. The standard InChI is InChI=1S/C24H20N2O4S/c1-30-23-14-12-19(24(27)25-20-9-3-2-4-10-20)16-22(23)26(31(28)29)21-13-11-17-7-5-6-8-18(17)15-21/h2-16H,1H3,(H,25,27)(H,28,29). The molecular formula is C24H20N2O4S. The number of carbonyl (C=O) groups excluding carboxylic acids is 1. The molecule has 0 aliphatic heterocycles. The minimum absolute atomic E-state index is 0.305. The van der Waals surface area contributed by atoms with E-state index in [1.807, 2.05) is 54.6 Å². The van der Waals surface area contributed by atoms with Crippen LogP contribution in [0, 0.1) is 0 Å². The number of hydrogen-bond donors (Lipinski definition) is 2. The van der Waals surface area contributed by atoms with Crippen molar-refractivity contribution in [1.29, 1.82) is 0 Å². The molecule has 1 unspecified atom stereocenters. The highest BCUT2D eigenvalue weighted by Gasteiger charge is 2.22. The van der Waals surface area contributed by atoms with Gasteiger partial charge in [-0.25, -0.2) is 8.51 Å². The van der Waals surface area contributed by atoms with Crippen LogP contribution in [0.5, 0.6) is 5.75 Å². The third kappa shape index (κ3) is 4.42. The van der Waals surface area contributed by atoms with Gasteiger partial charge >= 0.3 is 0 Å². The van der Waals surface area contributed by atoms with Crippen LogP contribution in [0.25, 0.3) is 10.8 Å². The third-order valence-corrected chi connectivity index (χ3v) is 5.54. The van der Waals surface area contributed by atoms with Gasteiger partial charge in [-0.3, -0.25) is 9.35 Å². The van der Waals surface area contributed by atoms with E-state index in [9.17, 15) is 13.6 Å². The molecule has 7 heteroatoms. The molecule has 1 amide bonds. The fourth-order valence-electron chi connectivity index (χ4n) is 3.33. The Balaban J connectivity index is 1.76. The Labute approximate surface area is 182 Å². The number of benzene rings is 4. The monoisotopic (exact) mass is 432 g/mol. The van der Waals surface area contributed by atoms with Gasteiger partial charge in [0.2, 0.25) is 0 Å². The molecule has 0 radical (unpaired) electrons. The van der Waals surface area contributed by atoms with E-state index < -0.39 is 11.3 Å². The van der Waals surface area contributed by atoms with Gasteiger partial charge in [-0.05, 0) is 53.2 Å². The van der Waals surface area contributed by atoms with E-state index in [1.54, 1.807) is 36.4 Å². The van der Waals surface area contributed by atoms with Crippen LogP contribution in [0.2, 0.25) is 0 Å². The zero-order chi connectivity index (χ0) is 21.8. The largest absolute Gasteiger partial charge is 0.495 e. The molecule has 4 aromatic carbocycles. The minimum atomic E-state index is -2.40. The number of hydrogen-bond acceptors (Lipinski definition) is 3. The van der Waals surface area contributed by atoms with Crippen molar-refractivity contribution in [3.8, 4) is 5.75 Å². The number of nitrogens with zero attached hydrogens (tertiary/aromatic N) is 1. The summed E-state index contributed by atoms with van der Waals surface area (Å²) in [6.07, 6.45) is 0. The number of nitrogens with one attached hydrogen (secondary N) is 1. The van der Waals surface area contributed by atoms with E-state index in [-0.39, 0.29) is 5.91 Å². The first-order chi connectivity index (χ1) is 15.1. The number of fused-ring (bicyclic) bond motifs is 1. The molecule has 0 fully saturated rings. The average Bonchev–Trinajstić information content (AvgIpc) is 2.79. The highest BCUT2D eigenvalue weighted by Crippen LogP contribution is 2.37. The number of methoxy groups -OCH3 is 1. The second kappa shape index (κ2) is 8.99. The molecule has 0 saturated carbocycles. The van der Waals surface area contributed by atoms with Crippen molar-refractivity contribution < 1.29 is 18.3 Å². The Hall–Kier alpha value is -3.68. The quantitative estimate of drug-likeness (QED) is 0.401. The van der Waals surface area contributed by atoms with Gasteiger partial charge in [0.15, 0.2) is 0 Å². The molecule has 6 nitrogen and oxygen atoms in total. The number of para-hydroxylation sites is 1. The van der Waals surface area contributed by atoms with Crippen molar-refractivity contribution in [2.75, 3.05) is 16.7 Å². The number of amides is 1. The third-order valence-electron chi connectivity index (χ3n) is 4.82. The van der Waals surface area contributed by atoms with E-state index in [0.29, 0.717) is 28.4 Å². The summed E-state index contributed by atoms with van der Waals surface area (Å²) >= 11 is -2.40. The Bertz CT molecular complexity index is 1260. The average molecular weight is 433 g/mol. The van der Waals surface area contributed by atoms with Gasteiger partial charge in [0.1, 0.15) is 5.75 Å². The van der Waals surface area contributed by atoms with Crippen LogP contribution in [-0.4, -0.2) is 21.8 Å². The lowest BCUT2D eigenvalue weighted by molar-refractivity contribution is 0.102. The van der Waals surface area contributed by atoms with E-state index in [2.05, 4.69) is 5.32 Å². The van der Waals surface area contributed by atoms with Gasteiger partial charge in [0, 0.05) is 11.3 Å². The fraction of sp³-hybridized carbons (Fsp3) is 0.0417. The topological polar surface area (TPSA) is 78.9 Å². The van der Waals surface area contributed by atoms with E-state index in [1.165, 1.54) is 11.4 Å². The van der Waals surface area contributed by atoms with E-state index in [0.717, 1.165) is 10.8 Å². The zero-order valence-corrected chi connectivity index (χ0v) is 17.5. The first kappa shape index (κ1) is 20.6. The van der Waals surface area contributed by atoms with Crippen LogP contribution in [0.1, 0.15) is 10.4 Å². The first-order valence-electron chi connectivity index (χ1n) is 9.51. The Morgan fingerprint density at radius 2 is 1.61 bits per heavy atom. The molecule has 31 heavy (non-hydrogen) atoms. The van der Waals surface area contributed by atoms with Gasteiger partial charge in [0.05, 0.1) is 18.5 Å². The summed E-state index contributed by atoms with van der Waals surface area (Å²) < 4.78 is 29.1. The number of ether oxygens (including phenoxy) is 1. The second-order valence-electron chi connectivity index (χ2n) is 6.76. The van der Waals surface area contributed by atoms with Gasteiger partial charge in [-0.2, -0.15) is 0 Å². The Kier molecular flexibility index (Phi) is 5.97. The molecule has 0 saturated heterocycles. The fourth-order valence-corrected chi connectivity index (χ4v) is 3.94. The first-order valence-corrected chi connectivity index (χ1v) is 10.6. The predicted octanol–water partition coefficient (Wildman–Crippen LogP) is 5.38. The summed E-state index contributed by atoms with van der Waals surface area (Å²) in [5.74, 6) is 0.0316. The van der Waals surface area contributed by atoms with Crippen molar-refractivity contribution in [3.63, 3.8) is 0 Å². The lowest BCUT2D eigenvalue weighted by Gasteiger charge is -2.23. The maximum absolute atomic E-state index is 12.8. The lowest BCUT2D eigenvalue weighted by Crippen LogP contribution is -2.21. The van der Waals surface area contributed by atoms with Crippen LogP contribution in [0.15, 0.2) is 91.0 Å². The number of anilines is 3. The molecule has 4 aromatic rings. The summed E-state index contributed by atoms with van der Waals surface area (Å²) in [5, 5.41) is 4.75. The van der Waals surface area contributed by atoms with Crippen molar-refractivity contribution in [2.45, 2.75) is 0 Å². The summed E-state index contributed by atoms with van der Waals surface area (Å²) in [5.41, 5.74) is 1.79. The van der Waals surface area contributed by atoms with Crippen LogP contribution in [-0.2, 0) is 11.3 Å². The van der Waals surface area contributed by atoms with Crippen molar-refractivity contribution >= 4 is 45.0 Å². The van der Waals surface area contributed by atoms with Crippen molar-refractivity contribution in [2.24, 2.45) is 0 Å². The molecule has 0 spiro atoms. The molecule has 0 heterocycles. The summed E-state index contributed by atoms with van der Waals surface area (Å²) in [7, 11) is 1.47. The van der Waals surface area contributed by atoms with Gasteiger partial charge in [-0.1, -0.05) is 48.5 Å². The molecule has 0 aliphatic rings. The summed E-state index contributed by atoms with van der Waals surface area (Å²) in [4.78, 5) is 12.8. The Morgan fingerprint density at radius 3 is 2.32 bits per heavy atom. The van der Waals surface area contributed by atoms with E-state index in [4.69, 9.17) is 4.74 Å². The number of rotatable bonds is 6. The summed E-state index contributed by atoms with van der Waals surface area (Å²) in [6.45, 7) is 0. The second-order valence-corrected chi connectivity index (χ2v) is 7.59. The predicted molar refractivity (Wildman–Crippen MR) is 124 cm³/mol. The molecule has 4 rings (SSSR count). The molecule has 2 N–H and O–H groups in total. The van der Waals surface area contributed by atoms with Gasteiger partial charge in [-0.15, -0.1) is 0 Å². The van der Waals surface area contributed by atoms with Crippen LogP contribution in [0.3, 0.4) is 0 Å². The molecule has 1 atom stereocenters. The minimum Gasteiger partial charge on any atom is -0.495 e. The van der Waals surface area contributed by atoms with Crippen LogP contribution >= 0.6 is 0 Å². The molecule has 0 aliphatic carbocycles. The molecule has 0 bridgehead atoms. The highest BCUT2D eigenvalue weighted by atomic mass is 32.2. The maximum Gasteiger partial charge on any atom is 0.266 e. The van der Waals surface area contributed by atoms with Crippen LogP contribution in [0.4, 0.5) is 17.1 Å². The van der Waals surface area contributed by atoms with Crippen molar-refractivity contribution in [3.05, 3.63) is 96.6 Å².